The van der Waals surface area contributed by atoms with Gasteiger partial charge in [0.25, 0.3) is 10.0 Å². The van der Waals surface area contributed by atoms with Crippen LogP contribution in [0.25, 0.3) is 0 Å². The minimum Gasteiger partial charge on any atom is -0.357 e. The van der Waals surface area contributed by atoms with E-state index in [2.05, 4.69) is 21.2 Å². The van der Waals surface area contributed by atoms with Crippen LogP contribution in [0, 0.1) is 13.8 Å². The third kappa shape index (κ3) is 6.53. The monoisotopic (exact) mass is 571 g/mol. The summed E-state index contributed by atoms with van der Waals surface area (Å²) in [4.78, 5) is 27.7. The molecule has 7 nitrogen and oxygen atoms in total. The number of carbonyl (C=O) groups excluding carboxylic acids is 2. The average Bonchev–Trinajstić information content (AvgIpc) is 2.85. The van der Waals surface area contributed by atoms with E-state index >= 15 is 0 Å². The van der Waals surface area contributed by atoms with Crippen molar-refractivity contribution in [3.05, 3.63) is 94.0 Å². The Labute approximate surface area is 221 Å². The van der Waals surface area contributed by atoms with E-state index in [1.165, 1.54) is 24.1 Å². The first kappa shape index (κ1) is 27.4. The lowest BCUT2D eigenvalue weighted by Gasteiger charge is -2.31. The number of nitrogens with zero attached hydrogens (tertiary/aromatic N) is 2. The number of rotatable bonds is 9. The number of nitrogens with one attached hydrogen (secondary N) is 1. The molecule has 1 N–H and O–H groups in total. The van der Waals surface area contributed by atoms with E-state index in [0.717, 1.165) is 25.5 Å². The zero-order valence-electron chi connectivity index (χ0n) is 20.7. The highest BCUT2D eigenvalue weighted by atomic mass is 79.9. The minimum absolute atomic E-state index is 0.0827. The van der Waals surface area contributed by atoms with Crippen LogP contribution in [-0.4, -0.2) is 44.8 Å². The first-order valence-corrected chi connectivity index (χ1v) is 13.7. The molecule has 0 bridgehead atoms. The van der Waals surface area contributed by atoms with Gasteiger partial charge in [-0.25, -0.2) is 8.42 Å². The summed E-state index contributed by atoms with van der Waals surface area (Å²) in [7, 11) is -2.56. The lowest BCUT2D eigenvalue weighted by Crippen LogP contribution is -2.50. The summed E-state index contributed by atoms with van der Waals surface area (Å²) < 4.78 is 29.4. The molecule has 3 aromatic rings. The van der Waals surface area contributed by atoms with Crippen molar-refractivity contribution in [2.24, 2.45) is 0 Å². The first-order valence-electron chi connectivity index (χ1n) is 11.4. The second-order valence-electron chi connectivity index (χ2n) is 8.60. The number of aryl methyl sites for hydroxylation is 2. The molecule has 0 aromatic heterocycles. The Balaban J connectivity index is 2.02. The predicted octanol–water partition coefficient (Wildman–Crippen LogP) is 4.42. The molecule has 0 unspecified atom stereocenters. The number of hydrogen-bond acceptors (Lipinski definition) is 4. The Morgan fingerprint density at radius 1 is 0.944 bits per heavy atom. The van der Waals surface area contributed by atoms with Crippen LogP contribution in [0.1, 0.15) is 23.6 Å². The van der Waals surface area contributed by atoms with Crippen molar-refractivity contribution >= 4 is 43.5 Å². The van der Waals surface area contributed by atoms with Gasteiger partial charge in [-0.2, -0.15) is 0 Å². The SMILES string of the molecule is CNC(=O)[C@H](C)N(Cc1cccc(Br)c1)C(=O)CN(c1ccc(C)cc1)S(=O)(=O)c1ccc(C)cc1. The Morgan fingerprint density at radius 3 is 2.08 bits per heavy atom. The molecule has 0 radical (unpaired) electrons. The maximum Gasteiger partial charge on any atom is 0.264 e. The molecular weight excluding hydrogens is 542 g/mol. The molecule has 3 aromatic carbocycles. The fourth-order valence-electron chi connectivity index (χ4n) is 3.70. The summed E-state index contributed by atoms with van der Waals surface area (Å²) in [5.74, 6) is -0.844. The molecular formula is C27H30BrN3O4S. The van der Waals surface area contributed by atoms with Crippen molar-refractivity contribution < 1.29 is 18.0 Å². The number of benzene rings is 3. The van der Waals surface area contributed by atoms with Crippen molar-refractivity contribution in [1.29, 1.82) is 0 Å². The molecule has 0 heterocycles. The molecule has 190 valence electrons. The Bertz CT molecular complexity index is 1330. The van der Waals surface area contributed by atoms with Crippen LogP contribution < -0.4 is 9.62 Å². The van der Waals surface area contributed by atoms with Crippen LogP contribution in [0.3, 0.4) is 0 Å². The van der Waals surface area contributed by atoms with E-state index in [-0.39, 0.29) is 17.3 Å². The van der Waals surface area contributed by atoms with Gasteiger partial charge in [-0.1, -0.05) is 63.5 Å². The van der Waals surface area contributed by atoms with Gasteiger partial charge < -0.3 is 10.2 Å². The maximum absolute atomic E-state index is 13.7. The highest BCUT2D eigenvalue weighted by Crippen LogP contribution is 2.25. The average molecular weight is 573 g/mol. The molecule has 3 rings (SSSR count). The highest BCUT2D eigenvalue weighted by Gasteiger charge is 2.32. The van der Waals surface area contributed by atoms with E-state index in [1.807, 2.05) is 38.1 Å². The molecule has 0 fully saturated rings. The summed E-state index contributed by atoms with van der Waals surface area (Å²) in [6.07, 6.45) is 0. The number of anilines is 1. The molecule has 0 saturated heterocycles. The molecule has 0 aliphatic carbocycles. The molecule has 36 heavy (non-hydrogen) atoms. The van der Waals surface area contributed by atoms with Crippen LogP contribution in [0.2, 0.25) is 0 Å². The van der Waals surface area contributed by atoms with E-state index < -0.39 is 28.5 Å². The van der Waals surface area contributed by atoms with Crippen LogP contribution >= 0.6 is 15.9 Å². The largest absolute Gasteiger partial charge is 0.357 e. The van der Waals surface area contributed by atoms with Gasteiger partial charge in [-0.05, 0) is 62.7 Å². The minimum atomic E-state index is -4.07. The van der Waals surface area contributed by atoms with Gasteiger partial charge in [0.15, 0.2) is 0 Å². The van der Waals surface area contributed by atoms with E-state index in [4.69, 9.17) is 0 Å². The number of amides is 2. The maximum atomic E-state index is 13.7. The summed E-state index contributed by atoms with van der Waals surface area (Å²) in [5, 5.41) is 2.58. The first-order chi connectivity index (χ1) is 17.0. The molecule has 9 heteroatoms. The van der Waals surface area contributed by atoms with E-state index in [1.54, 1.807) is 43.3 Å². The lowest BCUT2D eigenvalue weighted by molar-refractivity contribution is -0.139. The van der Waals surface area contributed by atoms with Crippen LogP contribution in [0.5, 0.6) is 0 Å². The summed E-state index contributed by atoms with van der Waals surface area (Å²) >= 11 is 3.43. The normalized spacial score (nSPS) is 12.0. The van der Waals surface area contributed by atoms with Crippen molar-refractivity contribution in [3.63, 3.8) is 0 Å². The number of hydrogen-bond donors (Lipinski definition) is 1. The van der Waals surface area contributed by atoms with Crippen LogP contribution in [-0.2, 0) is 26.2 Å². The lowest BCUT2D eigenvalue weighted by atomic mass is 10.1. The molecule has 1 atom stereocenters. The number of likely N-dealkylation sites (N-methyl/N-ethyl adjacent to an activating group) is 1. The quantitative estimate of drug-likeness (QED) is 0.411. The third-order valence-electron chi connectivity index (χ3n) is 5.87. The molecule has 0 saturated carbocycles. The van der Waals surface area contributed by atoms with Gasteiger partial charge in [0.1, 0.15) is 12.6 Å². The Hall–Kier alpha value is -3.17. The predicted molar refractivity (Wildman–Crippen MR) is 145 cm³/mol. The van der Waals surface area contributed by atoms with Gasteiger partial charge in [-0.15, -0.1) is 0 Å². The number of sulfonamides is 1. The highest BCUT2D eigenvalue weighted by molar-refractivity contribution is 9.10. The zero-order valence-corrected chi connectivity index (χ0v) is 23.1. The number of carbonyl (C=O) groups is 2. The zero-order chi connectivity index (χ0) is 26.5. The topological polar surface area (TPSA) is 86.8 Å². The number of halogens is 1. The smallest absolute Gasteiger partial charge is 0.264 e. The van der Waals surface area contributed by atoms with Crippen molar-refractivity contribution in [2.45, 2.75) is 38.3 Å². The molecule has 2 amide bonds. The van der Waals surface area contributed by atoms with Gasteiger partial charge in [-0.3, -0.25) is 13.9 Å². The second kappa shape index (κ2) is 11.7. The fourth-order valence-corrected chi connectivity index (χ4v) is 5.56. The Kier molecular flexibility index (Phi) is 8.92. The van der Waals surface area contributed by atoms with Gasteiger partial charge in [0, 0.05) is 18.1 Å². The standard InChI is InChI=1S/C27H30BrN3O4S/c1-19-8-12-24(13-9-19)31(36(34,35)25-14-10-20(2)11-15-25)18-26(32)30(21(3)27(33)29-4)17-22-6-5-7-23(28)16-22/h5-16,21H,17-18H2,1-4H3,(H,29,33)/t21-/m0/s1. The van der Waals surface area contributed by atoms with Crippen LogP contribution in [0.4, 0.5) is 5.69 Å². The second-order valence-corrected chi connectivity index (χ2v) is 11.4. The van der Waals surface area contributed by atoms with E-state index in [9.17, 15) is 18.0 Å². The van der Waals surface area contributed by atoms with Crippen molar-refractivity contribution in [1.82, 2.24) is 10.2 Å². The van der Waals surface area contributed by atoms with Gasteiger partial charge in [0.05, 0.1) is 10.6 Å². The molecule has 0 aliphatic heterocycles. The van der Waals surface area contributed by atoms with E-state index in [0.29, 0.717) is 5.69 Å². The van der Waals surface area contributed by atoms with Crippen molar-refractivity contribution in [2.75, 3.05) is 17.9 Å². The van der Waals surface area contributed by atoms with Crippen molar-refractivity contribution in [3.8, 4) is 0 Å². The molecule has 0 spiro atoms. The van der Waals surface area contributed by atoms with Crippen LogP contribution in [0.15, 0.2) is 82.2 Å². The Morgan fingerprint density at radius 2 is 1.53 bits per heavy atom. The summed E-state index contributed by atoms with van der Waals surface area (Å²) in [5.41, 5.74) is 3.05. The summed E-state index contributed by atoms with van der Waals surface area (Å²) in [6.45, 7) is 5.07. The summed E-state index contributed by atoms with van der Waals surface area (Å²) in [6, 6.07) is 20.0. The third-order valence-corrected chi connectivity index (χ3v) is 8.15. The van der Waals surface area contributed by atoms with Gasteiger partial charge in [0.2, 0.25) is 11.8 Å². The molecule has 0 aliphatic rings. The van der Waals surface area contributed by atoms with Gasteiger partial charge >= 0.3 is 0 Å². The fraction of sp³-hybridized carbons (Fsp3) is 0.259.